The van der Waals surface area contributed by atoms with Crippen molar-refractivity contribution in [2.75, 3.05) is 0 Å². The van der Waals surface area contributed by atoms with E-state index in [1.165, 1.54) is 6.07 Å². The van der Waals surface area contributed by atoms with Gasteiger partial charge < -0.3 is 4.98 Å². The molecule has 2 N–H and O–H groups in total. The summed E-state index contributed by atoms with van der Waals surface area (Å²) in [5.41, 5.74) is 4.64. The Kier molecular flexibility index (Phi) is 4.74. The Balaban J connectivity index is 1.68. The van der Waals surface area contributed by atoms with E-state index in [1.807, 2.05) is 32.3 Å². The molecule has 0 spiro atoms. The molecular formula is C24H20FN7. The standard InChI is InChI=1S/C24H20FN7/c1-4-20-18(11-14(2)15-12-27-32(3)13-15)22(31-30-20)24-28-21-17(9-10-26-23(21)29-24)16-7-5-6-8-19(16)25/h4-13,30H,2H2,1,3H3,(H,26,28,29)/b18-11+,20-4+. The van der Waals surface area contributed by atoms with Crippen molar-refractivity contribution in [2.24, 2.45) is 7.05 Å². The second-order valence-electron chi connectivity index (χ2n) is 7.38. The van der Waals surface area contributed by atoms with Crippen LogP contribution in [0.1, 0.15) is 12.5 Å². The summed E-state index contributed by atoms with van der Waals surface area (Å²) in [7, 11) is 1.86. The number of pyridine rings is 1. The molecule has 0 aliphatic carbocycles. The van der Waals surface area contributed by atoms with Gasteiger partial charge in [-0.05, 0) is 30.7 Å². The number of halogens is 1. The van der Waals surface area contributed by atoms with Crippen LogP contribution in [-0.4, -0.2) is 34.9 Å². The molecule has 0 radical (unpaired) electrons. The Bertz CT molecular complexity index is 1590. The van der Waals surface area contributed by atoms with Crippen molar-refractivity contribution >= 4 is 28.9 Å². The highest BCUT2D eigenvalue weighted by Crippen LogP contribution is 2.29. The molecule has 0 saturated heterocycles. The monoisotopic (exact) mass is 425 g/mol. The van der Waals surface area contributed by atoms with Crippen molar-refractivity contribution in [3.8, 4) is 22.6 Å². The summed E-state index contributed by atoms with van der Waals surface area (Å²) in [6.07, 6.45) is 9.18. The maximum absolute atomic E-state index is 14.5. The Morgan fingerprint density at radius 2 is 2.03 bits per heavy atom. The average Bonchev–Trinajstić information content (AvgIpc) is 3.51. The smallest absolute Gasteiger partial charge is 0.178 e. The molecule has 7 nitrogen and oxygen atoms in total. The first-order valence-corrected chi connectivity index (χ1v) is 10.1. The number of H-pyrrole nitrogens is 2. The zero-order valence-corrected chi connectivity index (χ0v) is 17.6. The van der Waals surface area contributed by atoms with Gasteiger partial charge in [-0.1, -0.05) is 30.9 Å². The number of aryl methyl sites for hydroxylation is 1. The number of nitrogens with zero attached hydrogens (tertiary/aromatic N) is 5. The molecule has 0 fully saturated rings. The van der Waals surface area contributed by atoms with Crippen LogP contribution in [-0.2, 0) is 7.05 Å². The summed E-state index contributed by atoms with van der Waals surface area (Å²) in [5, 5.41) is 13.4. The van der Waals surface area contributed by atoms with Crippen molar-refractivity contribution in [2.45, 2.75) is 6.92 Å². The first-order chi connectivity index (χ1) is 15.5. The Labute approximate surface area is 182 Å². The highest BCUT2D eigenvalue weighted by atomic mass is 19.1. The van der Waals surface area contributed by atoms with Crippen LogP contribution in [0, 0.1) is 5.82 Å². The molecular weight excluding hydrogens is 405 g/mol. The van der Waals surface area contributed by atoms with Gasteiger partial charge >= 0.3 is 0 Å². The third-order valence-corrected chi connectivity index (χ3v) is 5.30. The number of nitrogens with one attached hydrogen (secondary N) is 2. The fraction of sp³-hybridized carbons (Fsp3) is 0.0833. The van der Waals surface area contributed by atoms with Crippen LogP contribution in [0.25, 0.3) is 51.5 Å². The fourth-order valence-corrected chi connectivity index (χ4v) is 3.68. The third-order valence-electron chi connectivity index (χ3n) is 5.30. The molecule has 158 valence electrons. The van der Waals surface area contributed by atoms with Gasteiger partial charge in [-0.3, -0.25) is 9.78 Å². The highest BCUT2D eigenvalue weighted by molar-refractivity contribution is 5.92. The van der Waals surface area contributed by atoms with Crippen molar-refractivity contribution in [3.63, 3.8) is 0 Å². The zero-order valence-electron chi connectivity index (χ0n) is 17.6. The Hall–Kier alpha value is -4.33. The molecule has 0 aliphatic rings. The molecule has 0 bridgehead atoms. The average molecular weight is 425 g/mol. The molecule has 0 unspecified atom stereocenters. The summed E-state index contributed by atoms with van der Waals surface area (Å²) < 4.78 is 16.2. The van der Waals surface area contributed by atoms with Crippen LogP contribution >= 0.6 is 0 Å². The van der Waals surface area contributed by atoms with E-state index in [0.29, 0.717) is 33.8 Å². The van der Waals surface area contributed by atoms with E-state index in [-0.39, 0.29) is 5.82 Å². The molecule has 32 heavy (non-hydrogen) atoms. The second kappa shape index (κ2) is 7.73. The summed E-state index contributed by atoms with van der Waals surface area (Å²) in [6, 6.07) is 8.42. The van der Waals surface area contributed by atoms with Gasteiger partial charge in [0.25, 0.3) is 0 Å². The lowest BCUT2D eigenvalue weighted by molar-refractivity contribution is 0.631. The number of hydrogen-bond donors (Lipinski definition) is 2. The molecule has 8 heteroatoms. The van der Waals surface area contributed by atoms with Gasteiger partial charge in [-0.2, -0.15) is 10.2 Å². The predicted molar refractivity (Wildman–Crippen MR) is 123 cm³/mol. The van der Waals surface area contributed by atoms with Gasteiger partial charge in [0, 0.05) is 41.4 Å². The van der Waals surface area contributed by atoms with Crippen LogP contribution < -0.4 is 10.6 Å². The Morgan fingerprint density at radius 1 is 1.19 bits per heavy atom. The van der Waals surface area contributed by atoms with Gasteiger partial charge in [0.05, 0.1) is 17.1 Å². The maximum atomic E-state index is 14.5. The van der Waals surface area contributed by atoms with Crippen LogP contribution in [0.5, 0.6) is 0 Å². The van der Waals surface area contributed by atoms with Crippen LogP contribution in [0.2, 0.25) is 0 Å². The number of allylic oxidation sites excluding steroid dienone is 1. The number of benzene rings is 1. The molecule has 0 saturated carbocycles. The molecule has 5 aromatic rings. The first-order valence-electron chi connectivity index (χ1n) is 10.1. The second-order valence-corrected chi connectivity index (χ2v) is 7.38. The summed E-state index contributed by atoms with van der Waals surface area (Å²) in [5.74, 6) is 0.228. The third kappa shape index (κ3) is 3.31. The lowest BCUT2D eigenvalue weighted by Gasteiger charge is -2.03. The minimum Gasteiger partial charge on any atom is -0.335 e. The largest absolute Gasteiger partial charge is 0.335 e. The highest BCUT2D eigenvalue weighted by Gasteiger charge is 2.16. The summed E-state index contributed by atoms with van der Waals surface area (Å²) in [4.78, 5) is 12.3. The van der Waals surface area contributed by atoms with Crippen molar-refractivity contribution in [1.29, 1.82) is 0 Å². The van der Waals surface area contributed by atoms with E-state index in [0.717, 1.165) is 21.7 Å². The van der Waals surface area contributed by atoms with Crippen molar-refractivity contribution in [3.05, 3.63) is 77.4 Å². The minimum atomic E-state index is -0.305. The molecule has 1 aromatic carbocycles. The normalized spacial score (nSPS) is 12.7. The maximum Gasteiger partial charge on any atom is 0.178 e. The number of aromatic amines is 2. The van der Waals surface area contributed by atoms with Crippen molar-refractivity contribution in [1.82, 2.24) is 34.9 Å². The molecule has 4 aromatic heterocycles. The number of fused-ring (bicyclic) bond motifs is 1. The minimum absolute atomic E-state index is 0.305. The molecule has 0 atom stereocenters. The van der Waals surface area contributed by atoms with E-state index in [4.69, 9.17) is 0 Å². The first kappa shape index (κ1) is 19.6. The topological polar surface area (TPSA) is 88.1 Å². The fourth-order valence-electron chi connectivity index (χ4n) is 3.68. The lowest BCUT2D eigenvalue weighted by Crippen LogP contribution is -2.23. The van der Waals surface area contributed by atoms with Crippen LogP contribution in [0.15, 0.2) is 55.5 Å². The molecule has 0 amide bonds. The SMILES string of the molecule is C=C(/C=c1/c(-c2nc3nccc(-c4ccccc4F)c3[nH]2)n[nH]/c1=C/C)c1cnn(C)c1. The van der Waals surface area contributed by atoms with Gasteiger partial charge in [0.1, 0.15) is 11.5 Å². The zero-order chi connectivity index (χ0) is 22.2. The van der Waals surface area contributed by atoms with E-state index in [9.17, 15) is 4.39 Å². The summed E-state index contributed by atoms with van der Waals surface area (Å²) in [6.45, 7) is 6.11. The van der Waals surface area contributed by atoms with E-state index in [2.05, 4.69) is 36.8 Å². The van der Waals surface area contributed by atoms with Gasteiger partial charge in [-0.25, -0.2) is 14.4 Å². The number of aromatic nitrogens is 7. The van der Waals surface area contributed by atoms with Crippen LogP contribution in [0.4, 0.5) is 4.39 Å². The predicted octanol–water partition coefficient (Wildman–Crippen LogP) is 3.18. The van der Waals surface area contributed by atoms with E-state index >= 15 is 0 Å². The van der Waals surface area contributed by atoms with Gasteiger partial charge in [0.15, 0.2) is 11.5 Å². The van der Waals surface area contributed by atoms with Gasteiger partial charge in [-0.15, -0.1) is 0 Å². The van der Waals surface area contributed by atoms with Gasteiger partial charge in [0.2, 0.25) is 0 Å². The van der Waals surface area contributed by atoms with E-state index in [1.54, 1.807) is 41.3 Å². The molecule has 4 heterocycles. The number of hydrogen-bond acceptors (Lipinski definition) is 4. The van der Waals surface area contributed by atoms with E-state index < -0.39 is 0 Å². The molecule has 5 rings (SSSR count). The van der Waals surface area contributed by atoms with Crippen molar-refractivity contribution < 1.29 is 4.39 Å². The molecule has 0 aliphatic heterocycles. The Morgan fingerprint density at radius 3 is 2.78 bits per heavy atom. The number of rotatable bonds is 4. The number of imidazole rings is 1. The van der Waals surface area contributed by atoms with Crippen LogP contribution in [0.3, 0.4) is 0 Å². The summed E-state index contributed by atoms with van der Waals surface area (Å²) >= 11 is 0. The quantitative estimate of drug-likeness (QED) is 0.463. The lowest BCUT2D eigenvalue weighted by atomic mass is 10.1.